The summed E-state index contributed by atoms with van der Waals surface area (Å²) >= 11 is 0. The molecule has 1 saturated carbocycles. The Kier molecular flexibility index (Phi) is 3.14. The summed E-state index contributed by atoms with van der Waals surface area (Å²) in [6.45, 7) is 1.54. The number of hydrogen-bond acceptors (Lipinski definition) is 3. The highest BCUT2D eigenvalue weighted by Gasteiger charge is 2.42. The van der Waals surface area contributed by atoms with Crippen LogP contribution in [0.4, 0.5) is 4.79 Å². The standard InChI is InChI=1S/C11H19NO3/c13-9-3-7-12-8-6-11(15-10(12)14)4-1-2-5-11/h13H,1-9H2. The second-order valence-electron chi connectivity index (χ2n) is 4.57. The van der Waals surface area contributed by atoms with Crippen molar-refractivity contribution in [3.8, 4) is 0 Å². The van der Waals surface area contributed by atoms with Crippen LogP contribution >= 0.6 is 0 Å². The van der Waals surface area contributed by atoms with E-state index in [-0.39, 0.29) is 18.3 Å². The third kappa shape index (κ3) is 2.25. The number of amides is 1. The van der Waals surface area contributed by atoms with Crippen LogP contribution < -0.4 is 0 Å². The minimum atomic E-state index is -0.184. The summed E-state index contributed by atoms with van der Waals surface area (Å²) in [4.78, 5) is 13.4. The summed E-state index contributed by atoms with van der Waals surface area (Å²) in [5, 5.41) is 8.71. The van der Waals surface area contributed by atoms with E-state index in [2.05, 4.69) is 0 Å². The lowest BCUT2D eigenvalue weighted by Crippen LogP contribution is -2.48. The molecule has 15 heavy (non-hydrogen) atoms. The predicted octanol–water partition coefficient (Wildman–Crippen LogP) is 1.52. The first-order valence-electron chi connectivity index (χ1n) is 5.85. The van der Waals surface area contributed by atoms with Gasteiger partial charge in [0.25, 0.3) is 0 Å². The van der Waals surface area contributed by atoms with Crippen molar-refractivity contribution in [2.24, 2.45) is 0 Å². The largest absolute Gasteiger partial charge is 0.443 e. The molecular formula is C11H19NO3. The number of ether oxygens (including phenoxy) is 1. The first-order valence-corrected chi connectivity index (χ1v) is 5.85. The fourth-order valence-corrected chi connectivity index (χ4v) is 2.57. The van der Waals surface area contributed by atoms with Crippen LogP contribution in [-0.4, -0.2) is 41.4 Å². The number of aliphatic hydroxyl groups is 1. The fourth-order valence-electron chi connectivity index (χ4n) is 2.57. The maximum absolute atomic E-state index is 11.7. The Hall–Kier alpha value is -0.770. The van der Waals surface area contributed by atoms with Crippen molar-refractivity contribution < 1.29 is 14.6 Å². The summed E-state index contributed by atoms with van der Waals surface area (Å²) in [6.07, 6.45) is 5.86. The summed E-state index contributed by atoms with van der Waals surface area (Å²) in [6, 6.07) is 0. The molecule has 0 aromatic heterocycles. The highest BCUT2D eigenvalue weighted by Crippen LogP contribution is 2.38. The van der Waals surface area contributed by atoms with Gasteiger partial charge in [-0.15, -0.1) is 0 Å². The highest BCUT2D eigenvalue weighted by molar-refractivity contribution is 5.69. The molecule has 0 aromatic rings. The quantitative estimate of drug-likeness (QED) is 0.773. The van der Waals surface area contributed by atoms with E-state index in [9.17, 15) is 4.79 Å². The molecule has 2 fully saturated rings. The van der Waals surface area contributed by atoms with Crippen molar-refractivity contribution in [3.63, 3.8) is 0 Å². The maximum Gasteiger partial charge on any atom is 0.410 e. The van der Waals surface area contributed by atoms with Crippen LogP contribution in [0, 0.1) is 0 Å². The fraction of sp³-hybridized carbons (Fsp3) is 0.909. The number of aliphatic hydroxyl groups excluding tert-OH is 1. The summed E-state index contributed by atoms with van der Waals surface area (Å²) in [5.41, 5.74) is -0.132. The Balaban J connectivity index is 1.88. The van der Waals surface area contributed by atoms with Gasteiger partial charge in [-0.05, 0) is 32.1 Å². The molecule has 0 radical (unpaired) electrons. The Bertz CT molecular complexity index is 236. The molecule has 0 bridgehead atoms. The molecule has 2 aliphatic rings. The molecule has 0 unspecified atom stereocenters. The third-order valence-electron chi connectivity index (χ3n) is 3.50. The monoisotopic (exact) mass is 213 g/mol. The summed E-state index contributed by atoms with van der Waals surface area (Å²) < 4.78 is 5.55. The van der Waals surface area contributed by atoms with Gasteiger partial charge in [-0.2, -0.15) is 0 Å². The van der Waals surface area contributed by atoms with Gasteiger partial charge < -0.3 is 14.7 Å². The smallest absolute Gasteiger partial charge is 0.410 e. The van der Waals surface area contributed by atoms with Crippen LogP contribution in [0.25, 0.3) is 0 Å². The number of carbonyl (C=O) groups excluding carboxylic acids is 1. The molecule has 86 valence electrons. The van der Waals surface area contributed by atoms with Gasteiger partial charge in [-0.3, -0.25) is 0 Å². The van der Waals surface area contributed by atoms with E-state index < -0.39 is 0 Å². The van der Waals surface area contributed by atoms with Crippen LogP contribution in [0.5, 0.6) is 0 Å². The third-order valence-corrected chi connectivity index (χ3v) is 3.50. The molecule has 1 saturated heterocycles. The first-order chi connectivity index (χ1) is 7.26. The molecular weight excluding hydrogens is 194 g/mol. The van der Waals surface area contributed by atoms with Gasteiger partial charge in [0.2, 0.25) is 0 Å². The lowest BCUT2D eigenvalue weighted by atomic mass is 9.96. The second kappa shape index (κ2) is 4.39. The van der Waals surface area contributed by atoms with Crippen molar-refractivity contribution >= 4 is 6.09 Å². The Morgan fingerprint density at radius 3 is 2.67 bits per heavy atom. The molecule has 1 spiro atoms. The lowest BCUT2D eigenvalue weighted by molar-refractivity contribution is -0.0445. The second-order valence-corrected chi connectivity index (χ2v) is 4.57. The van der Waals surface area contributed by atoms with Crippen LogP contribution in [0.1, 0.15) is 38.5 Å². The van der Waals surface area contributed by atoms with Gasteiger partial charge in [0, 0.05) is 26.1 Å². The van der Waals surface area contributed by atoms with Gasteiger partial charge in [-0.25, -0.2) is 4.79 Å². The van der Waals surface area contributed by atoms with E-state index in [1.54, 1.807) is 4.90 Å². The van der Waals surface area contributed by atoms with Crippen molar-refractivity contribution in [3.05, 3.63) is 0 Å². The van der Waals surface area contributed by atoms with Gasteiger partial charge in [0.15, 0.2) is 0 Å². The SMILES string of the molecule is O=C1OC2(CCCC2)CCN1CCCO. The predicted molar refractivity (Wildman–Crippen MR) is 55.6 cm³/mol. The van der Waals surface area contributed by atoms with E-state index in [0.29, 0.717) is 13.0 Å². The van der Waals surface area contributed by atoms with E-state index in [4.69, 9.17) is 9.84 Å². The molecule has 1 aliphatic heterocycles. The molecule has 4 nitrogen and oxygen atoms in total. The van der Waals surface area contributed by atoms with Crippen molar-refractivity contribution in [1.82, 2.24) is 4.90 Å². The van der Waals surface area contributed by atoms with E-state index in [1.165, 1.54) is 12.8 Å². The first kappa shape index (κ1) is 10.7. The minimum absolute atomic E-state index is 0.132. The number of carbonyl (C=O) groups is 1. The zero-order chi connectivity index (χ0) is 10.7. The maximum atomic E-state index is 11.7. The molecule has 4 heteroatoms. The molecule has 1 aliphatic carbocycles. The Morgan fingerprint density at radius 1 is 1.33 bits per heavy atom. The number of hydrogen-bond donors (Lipinski definition) is 1. The zero-order valence-corrected chi connectivity index (χ0v) is 9.07. The molecule has 2 rings (SSSR count). The summed E-state index contributed by atoms with van der Waals surface area (Å²) in [7, 11) is 0. The minimum Gasteiger partial charge on any atom is -0.443 e. The lowest BCUT2D eigenvalue weighted by Gasteiger charge is -2.38. The molecule has 0 aromatic carbocycles. The molecule has 1 N–H and O–H groups in total. The van der Waals surface area contributed by atoms with E-state index in [1.807, 2.05) is 0 Å². The van der Waals surface area contributed by atoms with Gasteiger partial charge in [-0.1, -0.05) is 0 Å². The number of rotatable bonds is 3. The van der Waals surface area contributed by atoms with Crippen molar-refractivity contribution in [1.29, 1.82) is 0 Å². The van der Waals surface area contributed by atoms with Crippen molar-refractivity contribution in [2.45, 2.75) is 44.1 Å². The van der Waals surface area contributed by atoms with Crippen LogP contribution in [0.2, 0.25) is 0 Å². The van der Waals surface area contributed by atoms with E-state index in [0.717, 1.165) is 25.8 Å². The average molecular weight is 213 g/mol. The average Bonchev–Trinajstić information content (AvgIpc) is 2.66. The van der Waals surface area contributed by atoms with Gasteiger partial charge >= 0.3 is 6.09 Å². The normalized spacial score (nSPS) is 24.6. The zero-order valence-electron chi connectivity index (χ0n) is 9.07. The van der Waals surface area contributed by atoms with Gasteiger partial charge in [0.1, 0.15) is 5.60 Å². The highest BCUT2D eigenvalue weighted by atomic mass is 16.6. The van der Waals surface area contributed by atoms with Crippen LogP contribution in [0.15, 0.2) is 0 Å². The molecule has 0 atom stereocenters. The van der Waals surface area contributed by atoms with Crippen molar-refractivity contribution in [2.75, 3.05) is 19.7 Å². The Labute approximate surface area is 90.2 Å². The van der Waals surface area contributed by atoms with Crippen LogP contribution in [-0.2, 0) is 4.74 Å². The summed E-state index contributed by atoms with van der Waals surface area (Å²) in [5.74, 6) is 0. The molecule has 1 heterocycles. The molecule has 1 amide bonds. The van der Waals surface area contributed by atoms with E-state index >= 15 is 0 Å². The topological polar surface area (TPSA) is 49.8 Å². The van der Waals surface area contributed by atoms with Gasteiger partial charge in [0.05, 0.1) is 0 Å². The van der Waals surface area contributed by atoms with Crippen LogP contribution in [0.3, 0.4) is 0 Å². The number of nitrogens with zero attached hydrogens (tertiary/aromatic N) is 1. The Morgan fingerprint density at radius 2 is 2.07 bits per heavy atom.